The average molecular weight is 303 g/mol. The maximum atomic E-state index is 13.4. The highest BCUT2D eigenvalue weighted by molar-refractivity contribution is 5.85. The number of hydrogen-bond acceptors (Lipinski definition) is 3. The van der Waals surface area contributed by atoms with Crippen molar-refractivity contribution in [3.05, 3.63) is 35.1 Å². The maximum absolute atomic E-state index is 13.4. The predicted molar refractivity (Wildman–Crippen MR) is 81.9 cm³/mol. The zero-order valence-corrected chi connectivity index (χ0v) is 12.8. The van der Waals surface area contributed by atoms with Crippen LogP contribution >= 0.6 is 12.4 Å². The second-order valence-electron chi connectivity index (χ2n) is 5.18. The number of benzene rings is 1. The number of aliphatic hydroxyl groups is 1. The molecule has 0 radical (unpaired) electrons. The number of nitrogens with zero attached hydrogens (tertiary/aromatic N) is 1. The van der Waals surface area contributed by atoms with Gasteiger partial charge >= 0.3 is 0 Å². The van der Waals surface area contributed by atoms with E-state index in [0.29, 0.717) is 5.56 Å². The summed E-state index contributed by atoms with van der Waals surface area (Å²) in [6.45, 7) is 6.02. The van der Waals surface area contributed by atoms with Gasteiger partial charge < -0.3 is 10.4 Å². The Labute approximate surface area is 126 Å². The standard InChI is InChI=1S/C15H23FN2O.ClH/c1-12-11-13(4-5-14(12)16)15(3-2-10-19)18-8-6-17-7-9-18;/h4-5,11,15,17,19H,2-3,6-10H2,1H3;1H/t15-;/m0./s1. The molecular formula is C15H24ClFN2O. The van der Waals surface area contributed by atoms with Gasteiger partial charge in [-0.1, -0.05) is 12.1 Å². The summed E-state index contributed by atoms with van der Waals surface area (Å²) in [7, 11) is 0. The van der Waals surface area contributed by atoms with Crippen molar-refractivity contribution in [3.8, 4) is 0 Å². The summed E-state index contributed by atoms with van der Waals surface area (Å²) in [4.78, 5) is 2.43. The van der Waals surface area contributed by atoms with Crippen LogP contribution in [0.2, 0.25) is 0 Å². The molecule has 1 aromatic rings. The highest BCUT2D eigenvalue weighted by Crippen LogP contribution is 2.27. The summed E-state index contributed by atoms with van der Waals surface area (Å²) < 4.78 is 13.4. The third-order valence-electron chi connectivity index (χ3n) is 3.79. The fourth-order valence-corrected chi connectivity index (χ4v) is 2.71. The zero-order valence-electron chi connectivity index (χ0n) is 11.9. The number of hydrogen-bond donors (Lipinski definition) is 2. The number of halogens is 2. The molecule has 0 amide bonds. The van der Waals surface area contributed by atoms with E-state index in [1.165, 1.54) is 0 Å². The third kappa shape index (κ3) is 4.42. The Morgan fingerprint density at radius 1 is 1.35 bits per heavy atom. The molecule has 1 aliphatic rings. The minimum atomic E-state index is -0.148. The first kappa shape index (κ1) is 17.4. The van der Waals surface area contributed by atoms with Crippen molar-refractivity contribution in [2.45, 2.75) is 25.8 Å². The van der Waals surface area contributed by atoms with Gasteiger partial charge in [0, 0.05) is 38.8 Å². The third-order valence-corrected chi connectivity index (χ3v) is 3.79. The number of aliphatic hydroxyl groups excluding tert-OH is 1. The smallest absolute Gasteiger partial charge is 0.126 e. The minimum absolute atomic E-state index is 0. The summed E-state index contributed by atoms with van der Waals surface area (Å²) in [5, 5.41) is 12.4. The van der Waals surface area contributed by atoms with Gasteiger partial charge in [0.2, 0.25) is 0 Å². The lowest BCUT2D eigenvalue weighted by Gasteiger charge is -2.35. The van der Waals surface area contributed by atoms with E-state index in [9.17, 15) is 4.39 Å². The normalized spacial score (nSPS) is 17.6. The van der Waals surface area contributed by atoms with Crippen LogP contribution in [0.1, 0.15) is 30.0 Å². The molecule has 5 heteroatoms. The van der Waals surface area contributed by atoms with Crippen molar-refractivity contribution in [3.63, 3.8) is 0 Å². The monoisotopic (exact) mass is 302 g/mol. The van der Waals surface area contributed by atoms with Crippen LogP contribution in [-0.2, 0) is 0 Å². The first-order valence-corrected chi connectivity index (χ1v) is 7.04. The van der Waals surface area contributed by atoms with Crippen LogP contribution in [0.5, 0.6) is 0 Å². The van der Waals surface area contributed by atoms with Crippen molar-refractivity contribution >= 4 is 12.4 Å². The number of aryl methyl sites for hydroxylation is 1. The van der Waals surface area contributed by atoms with Crippen molar-refractivity contribution in [2.24, 2.45) is 0 Å². The SMILES string of the molecule is Cc1cc([C@H](CCCO)N2CCNCC2)ccc1F.Cl. The molecule has 1 saturated heterocycles. The highest BCUT2D eigenvalue weighted by Gasteiger charge is 2.22. The Balaban J connectivity index is 0.00000200. The zero-order chi connectivity index (χ0) is 13.7. The average Bonchev–Trinajstić information content (AvgIpc) is 2.44. The van der Waals surface area contributed by atoms with Crippen molar-refractivity contribution in [1.82, 2.24) is 10.2 Å². The summed E-state index contributed by atoms with van der Waals surface area (Å²) in [5.41, 5.74) is 1.86. The van der Waals surface area contributed by atoms with Gasteiger partial charge in [0.15, 0.2) is 0 Å². The molecule has 0 aromatic heterocycles. The van der Waals surface area contributed by atoms with Crippen LogP contribution in [0.15, 0.2) is 18.2 Å². The van der Waals surface area contributed by atoms with Crippen molar-refractivity contribution in [1.29, 1.82) is 0 Å². The topological polar surface area (TPSA) is 35.5 Å². The van der Waals surface area contributed by atoms with Gasteiger partial charge in [-0.15, -0.1) is 12.4 Å². The van der Waals surface area contributed by atoms with Gasteiger partial charge in [-0.05, 0) is 37.0 Å². The van der Waals surface area contributed by atoms with Crippen LogP contribution in [0, 0.1) is 12.7 Å². The fourth-order valence-electron chi connectivity index (χ4n) is 2.71. The maximum Gasteiger partial charge on any atom is 0.126 e. The lowest BCUT2D eigenvalue weighted by molar-refractivity contribution is 0.154. The van der Waals surface area contributed by atoms with Gasteiger partial charge in [-0.2, -0.15) is 0 Å². The Kier molecular flexibility index (Phi) is 7.45. The first-order valence-electron chi connectivity index (χ1n) is 7.04. The summed E-state index contributed by atoms with van der Waals surface area (Å²) >= 11 is 0. The van der Waals surface area contributed by atoms with E-state index in [1.54, 1.807) is 13.0 Å². The molecule has 20 heavy (non-hydrogen) atoms. The van der Waals surface area contributed by atoms with E-state index >= 15 is 0 Å². The number of nitrogens with one attached hydrogen (secondary N) is 1. The van der Waals surface area contributed by atoms with Crippen LogP contribution in [-0.4, -0.2) is 42.8 Å². The van der Waals surface area contributed by atoms with Crippen molar-refractivity contribution < 1.29 is 9.50 Å². The van der Waals surface area contributed by atoms with E-state index in [-0.39, 0.29) is 30.9 Å². The van der Waals surface area contributed by atoms with Gasteiger partial charge in [-0.3, -0.25) is 4.90 Å². The van der Waals surface area contributed by atoms with Gasteiger partial charge in [-0.25, -0.2) is 4.39 Å². The summed E-state index contributed by atoms with van der Waals surface area (Å²) in [6.07, 6.45) is 1.70. The molecule has 1 heterocycles. The molecule has 0 bridgehead atoms. The Morgan fingerprint density at radius 3 is 2.65 bits per heavy atom. The molecule has 1 aromatic carbocycles. The van der Waals surface area contributed by atoms with Crippen LogP contribution in [0.4, 0.5) is 4.39 Å². The van der Waals surface area contributed by atoms with Crippen LogP contribution in [0.25, 0.3) is 0 Å². The second kappa shape index (κ2) is 8.57. The van der Waals surface area contributed by atoms with E-state index < -0.39 is 0 Å². The molecule has 2 N–H and O–H groups in total. The van der Waals surface area contributed by atoms with Crippen LogP contribution < -0.4 is 5.32 Å². The van der Waals surface area contributed by atoms with E-state index in [4.69, 9.17) is 5.11 Å². The van der Waals surface area contributed by atoms with Crippen LogP contribution in [0.3, 0.4) is 0 Å². The Hall–Kier alpha value is -0.680. The molecular weight excluding hydrogens is 279 g/mol. The Morgan fingerprint density at radius 2 is 2.05 bits per heavy atom. The summed E-state index contributed by atoms with van der Waals surface area (Å²) in [6, 6.07) is 5.67. The largest absolute Gasteiger partial charge is 0.396 e. The lowest BCUT2D eigenvalue weighted by Crippen LogP contribution is -2.45. The molecule has 0 saturated carbocycles. The fraction of sp³-hybridized carbons (Fsp3) is 0.600. The molecule has 114 valence electrons. The van der Waals surface area contributed by atoms with E-state index in [0.717, 1.165) is 44.6 Å². The molecule has 1 atom stereocenters. The predicted octanol–water partition coefficient (Wildman–Crippen LogP) is 2.27. The number of rotatable bonds is 5. The van der Waals surface area contributed by atoms with Gasteiger partial charge in [0.05, 0.1) is 0 Å². The Bertz CT molecular complexity index is 411. The van der Waals surface area contributed by atoms with E-state index in [2.05, 4.69) is 10.2 Å². The van der Waals surface area contributed by atoms with Gasteiger partial charge in [0.25, 0.3) is 0 Å². The highest BCUT2D eigenvalue weighted by atomic mass is 35.5. The second-order valence-corrected chi connectivity index (χ2v) is 5.18. The summed E-state index contributed by atoms with van der Waals surface area (Å²) in [5.74, 6) is -0.148. The van der Waals surface area contributed by atoms with Crippen molar-refractivity contribution in [2.75, 3.05) is 32.8 Å². The molecule has 1 aliphatic heterocycles. The molecule has 1 fully saturated rings. The molecule has 0 spiro atoms. The first-order chi connectivity index (χ1) is 9.22. The molecule has 3 nitrogen and oxygen atoms in total. The minimum Gasteiger partial charge on any atom is -0.396 e. The lowest BCUT2D eigenvalue weighted by atomic mass is 9.98. The molecule has 0 aliphatic carbocycles. The quantitative estimate of drug-likeness (QED) is 0.876. The number of piperazine rings is 1. The van der Waals surface area contributed by atoms with Gasteiger partial charge in [0.1, 0.15) is 5.82 Å². The van der Waals surface area contributed by atoms with E-state index in [1.807, 2.05) is 12.1 Å². The molecule has 2 rings (SSSR count). The molecule has 0 unspecified atom stereocenters.